The number of esters is 1. The zero-order valence-corrected chi connectivity index (χ0v) is 11.7. The van der Waals surface area contributed by atoms with Gasteiger partial charge in [-0.1, -0.05) is 18.2 Å². The van der Waals surface area contributed by atoms with Crippen molar-refractivity contribution in [3.63, 3.8) is 0 Å². The van der Waals surface area contributed by atoms with E-state index in [-0.39, 0.29) is 6.61 Å². The third-order valence-electron chi connectivity index (χ3n) is 2.89. The van der Waals surface area contributed by atoms with Crippen LogP contribution in [0.5, 0.6) is 0 Å². The molecule has 1 N–H and O–H groups in total. The summed E-state index contributed by atoms with van der Waals surface area (Å²) in [7, 11) is 0. The van der Waals surface area contributed by atoms with Gasteiger partial charge in [0.2, 0.25) is 0 Å². The maximum atomic E-state index is 12.3. The van der Waals surface area contributed by atoms with Crippen molar-refractivity contribution in [3.8, 4) is 0 Å². The minimum Gasteiger partial charge on any atom is -0.465 e. The molecule has 1 atom stereocenters. The van der Waals surface area contributed by atoms with Crippen LogP contribution in [0.2, 0.25) is 0 Å². The molecule has 0 saturated heterocycles. The zero-order chi connectivity index (χ0) is 15.3. The van der Waals surface area contributed by atoms with Gasteiger partial charge in [-0.25, -0.2) is 4.79 Å². The maximum absolute atomic E-state index is 12.3. The molecule has 0 aliphatic carbocycles. The van der Waals surface area contributed by atoms with Crippen molar-refractivity contribution in [1.29, 1.82) is 0 Å². The molecule has 0 heterocycles. The first-order valence-electron chi connectivity index (χ1n) is 6.28. The summed E-state index contributed by atoms with van der Waals surface area (Å²) in [6, 6.07) is 3.98. The summed E-state index contributed by atoms with van der Waals surface area (Å²) in [5, 5.41) is 2.21. The molecule has 0 aromatic heterocycles. The van der Waals surface area contributed by atoms with Crippen LogP contribution < -0.4 is 5.32 Å². The lowest BCUT2D eigenvalue weighted by Gasteiger charge is -2.19. The number of aryl methyl sites for hydroxylation is 2. The normalized spacial score (nSPS) is 13.1. The quantitative estimate of drug-likeness (QED) is 0.847. The number of hydrogen-bond donors (Lipinski definition) is 1. The Balaban J connectivity index is 2.96. The number of carbonyl (C=O) groups is 1. The minimum atomic E-state index is -4.38. The second-order valence-electron chi connectivity index (χ2n) is 4.52. The largest absolute Gasteiger partial charge is 0.465 e. The zero-order valence-electron chi connectivity index (χ0n) is 11.7. The molecule has 1 rings (SSSR count). The van der Waals surface area contributed by atoms with Crippen molar-refractivity contribution >= 4 is 5.97 Å². The maximum Gasteiger partial charge on any atom is 0.401 e. The first-order valence-corrected chi connectivity index (χ1v) is 6.28. The first-order chi connectivity index (χ1) is 9.24. The van der Waals surface area contributed by atoms with Gasteiger partial charge in [0.05, 0.1) is 13.2 Å². The molecule has 1 unspecified atom stereocenters. The third kappa shape index (κ3) is 4.85. The number of alkyl halides is 3. The van der Waals surface area contributed by atoms with Crippen molar-refractivity contribution in [2.45, 2.75) is 33.0 Å². The summed E-state index contributed by atoms with van der Waals surface area (Å²) in [4.78, 5) is 11.8. The summed E-state index contributed by atoms with van der Waals surface area (Å²) in [6.45, 7) is 4.21. The summed E-state index contributed by atoms with van der Waals surface area (Å²) < 4.78 is 41.8. The van der Waals surface area contributed by atoms with E-state index in [1.807, 2.05) is 13.8 Å². The van der Waals surface area contributed by atoms with E-state index in [2.05, 4.69) is 5.32 Å². The number of halogens is 3. The van der Waals surface area contributed by atoms with E-state index in [0.717, 1.165) is 11.1 Å². The van der Waals surface area contributed by atoms with Crippen molar-refractivity contribution < 1.29 is 22.7 Å². The highest BCUT2D eigenvalue weighted by Crippen LogP contribution is 2.21. The van der Waals surface area contributed by atoms with Crippen LogP contribution in [0, 0.1) is 13.8 Å². The number of hydrogen-bond acceptors (Lipinski definition) is 3. The molecule has 0 amide bonds. The SMILES string of the molecule is CCOC(=O)C(NCC(F)(F)F)c1ccc(C)c(C)c1. The van der Waals surface area contributed by atoms with Gasteiger partial charge in [-0.05, 0) is 37.5 Å². The van der Waals surface area contributed by atoms with Crippen LogP contribution in [-0.2, 0) is 9.53 Å². The van der Waals surface area contributed by atoms with Crippen molar-refractivity contribution in [2.75, 3.05) is 13.2 Å². The Bertz CT molecular complexity index is 472. The molecule has 0 spiro atoms. The van der Waals surface area contributed by atoms with Gasteiger partial charge in [0.15, 0.2) is 0 Å². The molecule has 20 heavy (non-hydrogen) atoms. The number of rotatable bonds is 5. The second kappa shape index (κ2) is 6.74. The molecule has 0 aliphatic heterocycles. The molecule has 1 aromatic carbocycles. The predicted molar refractivity (Wildman–Crippen MR) is 69.3 cm³/mol. The molecular weight excluding hydrogens is 271 g/mol. The molecule has 112 valence electrons. The van der Waals surface area contributed by atoms with Crippen LogP contribution in [0.15, 0.2) is 18.2 Å². The number of nitrogens with one attached hydrogen (secondary N) is 1. The van der Waals surface area contributed by atoms with E-state index in [4.69, 9.17) is 4.74 Å². The van der Waals surface area contributed by atoms with Gasteiger partial charge >= 0.3 is 12.1 Å². The summed E-state index contributed by atoms with van der Waals surface area (Å²) in [6.07, 6.45) is -4.38. The molecular formula is C14H18F3NO2. The van der Waals surface area contributed by atoms with E-state index >= 15 is 0 Å². The molecule has 0 saturated carbocycles. The van der Waals surface area contributed by atoms with Crippen LogP contribution >= 0.6 is 0 Å². The van der Waals surface area contributed by atoms with Gasteiger partial charge in [0, 0.05) is 0 Å². The lowest BCUT2D eigenvalue weighted by Crippen LogP contribution is -2.37. The smallest absolute Gasteiger partial charge is 0.401 e. The molecule has 6 heteroatoms. The van der Waals surface area contributed by atoms with Gasteiger partial charge in [-0.15, -0.1) is 0 Å². The van der Waals surface area contributed by atoms with Crippen LogP contribution in [0.4, 0.5) is 13.2 Å². The Morgan fingerprint density at radius 2 is 1.95 bits per heavy atom. The molecule has 0 bridgehead atoms. The fraction of sp³-hybridized carbons (Fsp3) is 0.500. The third-order valence-corrected chi connectivity index (χ3v) is 2.89. The van der Waals surface area contributed by atoms with Gasteiger partial charge in [-0.3, -0.25) is 5.32 Å². The highest BCUT2D eigenvalue weighted by Gasteiger charge is 2.31. The van der Waals surface area contributed by atoms with Gasteiger partial charge < -0.3 is 4.74 Å². The highest BCUT2D eigenvalue weighted by atomic mass is 19.4. The monoisotopic (exact) mass is 289 g/mol. The van der Waals surface area contributed by atoms with Crippen molar-refractivity contribution in [2.24, 2.45) is 0 Å². The Hall–Kier alpha value is -1.56. The van der Waals surface area contributed by atoms with Gasteiger partial charge in [-0.2, -0.15) is 13.2 Å². The average molecular weight is 289 g/mol. The van der Waals surface area contributed by atoms with Gasteiger partial charge in [0.25, 0.3) is 0 Å². The first kappa shape index (κ1) is 16.5. The number of ether oxygens (including phenoxy) is 1. The molecule has 3 nitrogen and oxygen atoms in total. The molecule has 1 aromatic rings. The minimum absolute atomic E-state index is 0.119. The van der Waals surface area contributed by atoms with E-state index in [1.54, 1.807) is 25.1 Å². The van der Waals surface area contributed by atoms with Crippen LogP contribution in [0.3, 0.4) is 0 Å². The van der Waals surface area contributed by atoms with E-state index in [9.17, 15) is 18.0 Å². The van der Waals surface area contributed by atoms with Crippen LogP contribution in [0.25, 0.3) is 0 Å². The van der Waals surface area contributed by atoms with Gasteiger partial charge in [0.1, 0.15) is 6.04 Å². The van der Waals surface area contributed by atoms with E-state index in [1.165, 1.54) is 0 Å². The average Bonchev–Trinajstić information content (AvgIpc) is 2.32. The topological polar surface area (TPSA) is 38.3 Å². The fourth-order valence-electron chi connectivity index (χ4n) is 1.72. The standard InChI is InChI=1S/C14H18F3NO2/c1-4-20-13(19)12(18-8-14(15,16)17)11-6-5-9(2)10(3)7-11/h5-7,12,18H,4,8H2,1-3H3. The molecule has 0 radical (unpaired) electrons. The highest BCUT2D eigenvalue weighted by molar-refractivity contribution is 5.77. The lowest BCUT2D eigenvalue weighted by atomic mass is 10.0. The van der Waals surface area contributed by atoms with Crippen LogP contribution in [-0.4, -0.2) is 25.3 Å². The second-order valence-corrected chi connectivity index (χ2v) is 4.52. The fourth-order valence-corrected chi connectivity index (χ4v) is 1.72. The molecule has 0 aliphatic rings. The molecule has 0 fully saturated rings. The number of carbonyl (C=O) groups excluding carboxylic acids is 1. The Morgan fingerprint density at radius 1 is 1.30 bits per heavy atom. The Kier molecular flexibility index (Phi) is 5.56. The van der Waals surface area contributed by atoms with E-state index < -0.39 is 24.7 Å². The van der Waals surface area contributed by atoms with Crippen molar-refractivity contribution in [1.82, 2.24) is 5.32 Å². The number of benzene rings is 1. The lowest BCUT2D eigenvalue weighted by molar-refractivity contribution is -0.149. The predicted octanol–water partition coefficient (Wildman–Crippen LogP) is 3.06. The summed E-state index contributed by atoms with van der Waals surface area (Å²) >= 11 is 0. The Labute approximate surface area is 116 Å². The summed E-state index contributed by atoms with van der Waals surface area (Å²) in [5.74, 6) is -0.708. The Morgan fingerprint density at radius 3 is 2.45 bits per heavy atom. The van der Waals surface area contributed by atoms with Crippen molar-refractivity contribution in [3.05, 3.63) is 34.9 Å². The van der Waals surface area contributed by atoms with E-state index in [0.29, 0.717) is 5.56 Å². The summed E-state index contributed by atoms with van der Waals surface area (Å²) in [5.41, 5.74) is 2.38. The van der Waals surface area contributed by atoms with Crippen LogP contribution in [0.1, 0.15) is 29.7 Å².